The van der Waals surface area contributed by atoms with E-state index < -0.39 is 17.1 Å². The van der Waals surface area contributed by atoms with E-state index in [1.54, 1.807) is 0 Å². The van der Waals surface area contributed by atoms with Crippen LogP contribution in [-0.2, 0) is 5.92 Å². The quantitative estimate of drug-likeness (QED) is 0.694. The molecule has 0 saturated carbocycles. The molecule has 0 radical (unpaired) electrons. The third-order valence-corrected chi connectivity index (χ3v) is 2.12. The maximum Gasteiger partial charge on any atom is 0.282 e. The summed E-state index contributed by atoms with van der Waals surface area (Å²) in [7, 11) is 0. The van der Waals surface area contributed by atoms with Gasteiger partial charge in [0.2, 0.25) is 0 Å². The Kier molecular flexibility index (Phi) is 2.77. The maximum atomic E-state index is 12.9. The van der Waals surface area contributed by atoms with E-state index in [1.165, 1.54) is 12.1 Å². The van der Waals surface area contributed by atoms with Crippen molar-refractivity contribution in [1.29, 1.82) is 0 Å². The SMILES string of the molecule is Fc1cccc(C(F)(F)CBr)c1. The van der Waals surface area contributed by atoms with Gasteiger partial charge in [-0.3, -0.25) is 0 Å². The number of halogens is 4. The van der Waals surface area contributed by atoms with Gasteiger partial charge in [-0.25, -0.2) is 13.2 Å². The monoisotopic (exact) mass is 238 g/mol. The first-order valence-electron chi connectivity index (χ1n) is 3.26. The zero-order chi connectivity index (χ0) is 9.19. The van der Waals surface area contributed by atoms with Crippen molar-refractivity contribution in [3.8, 4) is 0 Å². The lowest BCUT2D eigenvalue weighted by Crippen LogP contribution is -2.14. The Morgan fingerprint density at radius 2 is 2.00 bits per heavy atom. The van der Waals surface area contributed by atoms with Crippen molar-refractivity contribution in [2.45, 2.75) is 5.92 Å². The molecule has 0 aliphatic rings. The zero-order valence-corrected chi connectivity index (χ0v) is 7.61. The minimum Gasteiger partial charge on any atom is -0.207 e. The van der Waals surface area contributed by atoms with Gasteiger partial charge in [-0.1, -0.05) is 28.1 Å². The number of hydrogen-bond acceptors (Lipinski definition) is 0. The van der Waals surface area contributed by atoms with Gasteiger partial charge in [0.15, 0.2) is 0 Å². The van der Waals surface area contributed by atoms with E-state index in [9.17, 15) is 13.2 Å². The molecule has 0 heterocycles. The Morgan fingerprint density at radius 1 is 1.33 bits per heavy atom. The first-order valence-corrected chi connectivity index (χ1v) is 4.38. The molecule has 0 N–H and O–H groups in total. The molecule has 0 atom stereocenters. The lowest BCUT2D eigenvalue weighted by molar-refractivity contribution is 0.0242. The second-order valence-corrected chi connectivity index (χ2v) is 2.91. The molecular formula is C8H6BrF3. The van der Waals surface area contributed by atoms with Crippen molar-refractivity contribution in [3.05, 3.63) is 35.6 Å². The molecule has 0 fully saturated rings. The van der Waals surface area contributed by atoms with E-state index in [0.717, 1.165) is 12.1 Å². The van der Waals surface area contributed by atoms with Crippen molar-refractivity contribution < 1.29 is 13.2 Å². The largest absolute Gasteiger partial charge is 0.282 e. The van der Waals surface area contributed by atoms with Gasteiger partial charge in [0.25, 0.3) is 5.92 Å². The third kappa shape index (κ3) is 2.00. The van der Waals surface area contributed by atoms with Crippen molar-refractivity contribution in [2.24, 2.45) is 0 Å². The molecule has 1 aromatic carbocycles. The van der Waals surface area contributed by atoms with Gasteiger partial charge in [-0.05, 0) is 12.1 Å². The van der Waals surface area contributed by atoms with Gasteiger partial charge < -0.3 is 0 Å². The summed E-state index contributed by atoms with van der Waals surface area (Å²) < 4.78 is 38.2. The van der Waals surface area contributed by atoms with Crippen LogP contribution in [0.15, 0.2) is 24.3 Å². The Hall–Kier alpha value is -0.510. The lowest BCUT2D eigenvalue weighted by atomic mass is 10.1. The highest BCUT2D eigenvalue weighted by molar-refractivity contribution is 9.09. The minimum atomic E-state index is -3.00. The average molecular weight is 239 g/mol. The second kappa shape index (κ2) is 3.47. The highest BCUT2D eigenvalue weighted by Crippen LogP contribution is 2.29. The van der Waals surface area contributed by atoms with Gasteiger partial charge in [0.05, 0.1) is 5.33 Å². The Morgan fingerprint density at radius 3 is 2.50 bits per heavy atom. The van der Waals surface area contributed by atoms with Crippen LogP contribution in [0.4, 0.5) is 13.2 Å². The molecule has 1 rings (SSSR count). The zero-order valence-electron chi connectivity index (χ0n) is 6.03. The molecule has 0 aliphatic heterocycles. The van der Waals surface area contributed by atoms with Crippen LogP contribution < -0.4 is 0 Å². The summed E-state index contributed by atoms with van der Waals surface area (Å²) >= 11 is 2.66. The standard InChI is InChI=1S/C8H6BrF3/c9-5-8(11,12)6-2-1-3-7(10)4-6/h1-4H,5H2. The summed E-state index contributed by atoms with van der Waals surface area (Å²) in [6.45, 7) is 0. The van der Waals surface area contributed by atoms with Crippen LogP contribution in [-0.4, -0.2) is 5.33 Å². The smallest absolute Gasteiger partial charge is 0.207 e. The summed E-state index contributed by atoms with van der Waals surface area (Å²) in [6, 6.07) is 4.43. The van der Waals surface area contributed by atoms with Crippen molar-refractivity contribution >= 4 is 15.9 Å². The molecule has 0 amide bonds. The fourth-order valence-electron chi connectivity index (χ4n) is 0.793. The van der Waals surface area contributed by atoms with Crippen LogP contribution in [0.25, 0.3) is 0 Å². The van der Waals surface area contributed by atoms with E-state index >= 15 is 0 Å². The van der Waals surface area contributed by atoms with E-state index in [1.807, 2.05) is 0 Å². The van der Waals surface area contributed by atoms with Crippen molar-refractivity contribution in [3.63, 3.8) is 0 Å². The Balaban J connectivity index is 3.03. The highest BCUT2D eigenvalue weighted by atomic mass is 79.9. The topological polar surface area (TPSA) is 0 Å². The molecule has 66 valence electrons. The summed E-state index contributed by atoms with van der Waals surface area (Å²) in [5, 5.41) is -0.497. The highest BCUT2D eigenvalue weighted by Gasteiger charge is 2.29. The average Bonchev–Trinajstić information content (AvgIpc) is 2.05. The molecule has 0 aromatic heterocycles. The van der Waals surface area contributed by atoms with Gasteiger partial charge in [0, 0.05) is 5.56 Å². The van der Waals surface area contributed by atoms with Gasteiger partial charge in [-0.15, -0.1) is 0 Å². The third-order valence-electron chi connectivity index (χ3n) is 1.41. The number of alkyl halides is 3. The molecule has 1 aromatic rings. The van der Waals surface area contributed by atoms with Crippen LogP contribution >= 0.6 is 15.9 Å². The van der Waals surface area contributed by atoms with Gasteiger partial charge >= 0.3 is 0 Å². The summed E-state index contributed by atoms with van der Waals surface area (Å²) in [5.74, 6) is -3.64. The number of hydrogen-bond donors (Lipinski definition) is 0. The summed E-state index contributed by atoms with van der Waals surface area (Å²) in [4.78, 5) is 0. The van der Waals surface area contributed by atoms with Crippen LogP contribution in [0.2, 0.25) is 0 Å². The molecule has 0 spiro atoms. The van der Waals surface area contributed by atoms with Gasteiger partial charge in [0.1, 0.15) is 5.82 Å². The fraction of sp³-hybridized carbons (Fsp3) is 0.250. The van der Waals surface area contributed by atoms with Crippen molar-refractivity contribution in [1.82, 2.24) is 0 Å². The predicted molar refractivity (Wildman–Crippen MR) is 44.1 cm³/mol. The minimum absolute atomic E-state index is 0.306. The molecule has 0 unspecified atom stereocenters. The van der Waals surface area contributed by atoms with Crippen LogP contribution in [0, 0.1) is 5.82 Å². The van der Waals surface area contributed by atoms with Crippen molar-refractivity contribution in [2.75, 3.05) is 5.33 Å². The summed E-state index contributed by atoms with van der Waals surface area (Å²) in [5.41, 5.74) is -0.306. The van der Waals surface area contributed by atoms with E-state index in [0.29, 0.717) is 0 Å². The molecule has 4 heteroatoms. The Bertz CT molecular complexity index is 273. The summed E-state index contributed by atoms with van der Waals surface area (Å²) in [6.07, 6.45) is 0. The van der Waals surface area contributed by atoms with E-state index in [2.05, 4.69) is 15.9 Å². The molecule has 0 saturated heterocycles. The van der Waals surface area contributed by atoms with Gasteiger partial charge in [-0.2, -0.15) is 0 Å². The van der Waals surface area contributed by atoms with Crippen LogP contribution in [0.1, 0.15) is 5.56 Å². The number of rotatable bonds is 2. The molecule has 0 aliphatic carbocycles. The molecule has 0 nitrogen and oxygen atoms in total. The van der Waals surface area contributed by atoms with Crippen LogP contribution in [0.5, 0.6) is 0 Å². The van der Waals surface area contributed by atoms with E-state index in [4.69, 9.17) is 0 Å². The second-order valence-electron chi connectivity index (χ2n) is 2.35. The Labute approximate surface area is 76.5 Å². The molecule has 0 bridgehead atoms. The number of benzene rings is 1. The normalized spacial score (nSPS) is 11.7. The van der Waals surface area contributed by atoms with Crippen LogP contribution in [0.3, 0.4) is 0 Å². The molecular weight excluding hydrogens is 233 g/mol. The maximum absolute atomic E-state index is 12.9. The predicted octanol–water partition coefficient (Wildman–Crippen LogP) is 3.31. The van der Waals surface area contributed by atoms with E-state index in [-0.39, 0.29) is 5.56 Å². The lowest BCUT2D eigenvalue weighted by Gasteiger charge is -2.12. The first-order chi connectivity index (χ1) is 5.56. The fourth-order valence-corrected chi connectivity index (χ4v) is 1.12. The molecule has 12 heavy (non-hydrogen) atoms. The first kappa shape index (κ1) is 9.58.